The van der Waals surface area contributed by atoms with Gasteiger partial charge in [-0.15, -0.1) is 11.3 Å². The van der Waals surface area contributed by atoms with Crippen LogP contribution in [0.1, 0.15) is 40.9 Å². The minimum atomic E-state index is 0.232. The summed E-state index contributed by atoms with van der Waals surface area (Å²) in [5, 5.41) is 2.04. The summed E-state index contributed by atoms with van der Waals surface area (Å²) in [5.41, 5.74) is 1.16. The van der Waals surface area contributed by atoms with E-state index in [1.165, 1.54) is 37.3 Å². The Labute approximate surface area is 129 Å². The standard InChI is InChI=1S/C16H23NOS2/c1-12-4-10-20-16(12)15(18)13-3-2-7-17(11-13)14-5-8-19-9-6-14/h4,10,13-14H,2-3,5-9,11H2,1H3/t13-/m0/s1. The fourth-order valence-electron chi connectivity index (χ4n) is 3.41. The van der Waals surface area contributed by atoms with Crippen molar-refractivity contribution in [2.75, 3.05) is 24.6 Å². The number of piperidine rings is 1. The van der Waals surface area contributed by atoms with Crippen molar-refractivity contribution in [2.45, 2.75) is 38.6 Å². The van der Waals surface area contributed by atoms with E-state index in [4.69, 9.17) is 0 Å². The molecule has 0 spiro atoms. The number of aryl methyl sites for hydroxylation is 1. The molecule has 2 nitrogen and oxygen atoms in total. The Balaban J connectivity index is 1.65. The number of ketones is 1. The van der Waals surface area contributed by atoms with Crippen molar-refractivity contribution in [1.82, 2.24) is 4.90 Å². The van der Waals surface area contributed by atoms with E-state index < -0.39 is 0 Å². The van der Waals surface area contributed by atoms with Crippen molar-refractivity contribution in [2.24, 2.45) is 5.92 Å². The van der Waals surface area contributed by atoms with Gasteiger partial charge in [0.15, 0.2) is 5.78 Å². The van der Waals surface area contributed by atoms with Crippen LogP contribution < -0.4 is 0 Å². The lowest BCUT2D eigenvalue weighted by Gasteiger charge is -2.39. The van der Waals surface area contributed by atoms with Gasteiger partial charge in [0.25, 0.3) is 0 Å². The molecule has 0 bridgehead atoms. The van der Waals surface area contributed by atoms with Crippen molar-refractivity contribution < 1.29 is 4.79 Å². The molecule has 0 amide bonds. The number of carbonyl (C=O) groups excluding carboxylic acids is 1. The molecule has 0 radical (unpaired) electrons. The number of likely N-dealkylation sites (tertiary alicyclic amines) is 1. The summed E-state index contributed by atoms with van der Waals surface area (Å²) < 4.78 is 0. The van der Waals surface area contributed by atoms with Crippen LogP contribution in [0.2, 0.25) is 0 Å². The van der Waals surface area contributed by atoms with Gasteiger partial charge < -0.3 is 0 Å². The SMILES string of the molecule is Cc1ccsc1C(=O)[C@H]1CCCN(C2CCSCC2)C1. The fourth-order valence-corrected chi connectivity index (χ4v) is 5.44. The van der Waals surface area contributed by atoms with Crippen molar-refractivity contribution in [3.05, 3.63) is 21.9 Å². The Hall–Kier alpha value is -0.320. The highest BCUT2D eigenvalue weighted by Crippen LogP contribution is 2.29. The van der Waals surface area contributed by atoms with Gasteiger partial charge in [0.1, 0.15) is 0 Å². The van der Waals surface area contributed by atoms with Gasteiger partial charge in [-0.25, -0.2) is 0 Å². The van der Waals surface area contributed by atoms with Gasteiger partial charge in [-0.05, 0) is 67.7 Å². The Bertz CT molecular complexity index is 465. The number of carbonyl (C=O) groups is 1. The highest BCUT2D eigenvalue weighted by atomic mass is 32.2. The zero-order valence-electron chi connectivity index (χ0n) is 12.1. The molecule has 2 aliphatic rings. The predicted molar refractivity (Wildman–Crippen MR) is 88.0 cm³/mol. The van der Waals surface area contributed by atoms with Crippen LogP contribution in [0.5, 0.6) is 0 Å². The molecule has 0 N–H and O–H groups in total. The summed E-state index contributed by atoms with van der Waals surface area (Å²) in [7, 11) is 0. The second kappa shape index (κ2) is 6.63. The molecule has 2 fully saturated rings. The van der Waals surface area contributed by atoms with Gasteiger partial charge in [-0.1, -0.05) is 0 Å². The van der Waals surface area contributed by atoms with Crippen LogP contribution >= 0.6 is 23.1 Å². The first-order valence-electron chi connectivity index (χ1n) is 7.66. The number of hydrogen-bond donors (Lipinski definition) is 0. The maximum atomic E-state index is 12.7. The second-order valence-electron chi connectivity index (χ2n) is 5.97. The third-order valence-electron chi connectivity index (χ3n) is 4.62. The van der Waals surface area contributed by atoms with Crippen molar-refractivity contribution in [3.63, 3.8) is 0 Å². The van der Waals surface area contributed by atoms with Crippen LogP contribution in [0.3, 0.4) is 0 Å². The molecule has 3 heterocycles. The molecule has 2 saturated heterocycles. The molecule has 1 aromatic rings. The van der Waals surface area contributed by atoms with E-state index >= 15 is 0 Å². The molecule has 2 aliphatic heterocycles. The van der Waals surface area contributed by atoms with Gasteiger partial charge in [-0.2, -0.15) is 11.8 Å². The molecule has 0 aromatic carbocycles. The van der Waals surface area contributed by atoms with Crippen LogP contribution in [-0.4, -0.2) is 41.3 Å². The van der Waals surface area contributed by atoms with Gasteiger partial charge in [0.05, 0.1) is 4.88 Å². The Morgan fingerprint density at radius 3 is 2.80 bits per heavy atom. The number of nitrogens with zero attached hydrogens (tertiary/aromatic N) is 1. The number of rotatable bonds is 3. The van der Waals surface area contributed by atoms with Gasteiger partial charge in [-0.3, -0.25) is 9.69 Å². The van der Waals surface area contributed by atoms with E-state index in [0.717, 1.165) is 29.4 Å². The van der Waals surface area contributed by atoms with Gasteiger partial charge in [0, 0.05) is 18.5 Å². The first-order valence-corrected chi connectivity index (χ1v) is 9.69. The zero-order valence-corrected chi connectivity index (χ0v) is 13.8. The molecule has 3 rings (SSSR count). The van der Waals surface area contributed by atoms with Crippen molar-refractivity contribution in [3.8, 4) is 0 Å². The summed E-state index contributed by atoms with van der Waals surface area (Å²) in [6, 6.07) is 2.80. The van der Waals surface area contributed by atoms with Crippen LogP contribution in [0.15, 0.2) is 11.4 Å². The largest absolute Gasteiger partial charge is 0.300 e. The lowest BCUT2D eigenvalue weighted by Crippen LogP contribution is -2.46. The maximum Gasteiger partial charge on any atom is 0.177 e. The lowest BCUT2D eigenvalue weighted by atomic mass is 9.90. The number of thiophene rings is 1. The molecule has 110 valence electrons. The smallest absolute Gasteiger partial charge is 0.177 e. The summed E-state index contributed by atoms with van der Waals surface area (Å²) >= 11 is 3.69. The fraction of sp³-hybridized carbons (Fsp3) is 0.688. The average Bonchev–Trinajstić information content (AvgIpc) is 2.94. The highest BCUT2D eigenvalue weighted by Gasteiger charge is 2.31. The van der Waals surface area contributed by atoms with Gasteiger partial charge >= 0.3 is 0 Å². The molecule has 1 aromatic heterocycles. The molecule has 0 unspecified atom stereocenters. The summed E-state index contributed by atoms with van der Waals surface area (Å²) in [5.74, 6) is 3.22. The summed E-state index contributed by atoms with van der Waals surface area (Å²) in [6.45, 7) is 4.25. The first kappa shape index (κ1) is 14.6. The third kappa shape index (κ3) is 3.12. The van der Waals surface area contributed by atoms with Crippen LogP contribution in [0.25, 0.3) is 0 Å². The molecule has 20 heavy (non-hydrogen) atoms. The van der Waals surface area contributed by atoms with E-state index in [2.05, 4.69) is 29.7 Å². The van der Waals surface area contributed by atoms with Crippen LogP contribution in [0.4, 0.5) is 0 Å². The van der Waals surface area contributed by atoms with E-state index in [0.29, 0.717) is 5.78 Å². The number of Topliss-reactive ketones (excluding diaryl/α,β-unsaturated/α-hetero) is 1. The maximum absolute atomic E-state index is 12.7. The minimum Gasteiger partial charge on any atom is -0.300 e. The van der Waals surface area contributed by atoms with E-state index in [9.17, 15) is 4.79 Å². The Morgan fingerprint density at radius 1 is 1.30 bits per heavy atom. The molecular formula is C16H23NOS2. The van der Waals surface area contributed by atoms with Crippen LogP contribution in [0, 0.1) is 12.8 Å². The van der Waals surface area contributed by atoms with E-state index in [1.807, 2.05) is 5.38 Å². The Kier molecular flexibility index (Phi) is 4.84. The van der Waals surface area contributed by atoms with Crippen molar-refractivity contribution >= 4 is 28.9 Å². The normalized spacial score (nSPS) is 25.8. The highest BCUT2D eigenvalue weighted by molar-refractivity contribution is 7.99. The predicted octanol–water partition coefficient (Wildman–Crippen LogP) is 3.85. The lowest BCUT2D eigenvalue weighted by molar-refractivity contribution is 0.0744. The van der Waals surface area contributed by atoms with Crippen LogP contribution in [-0.2, 0) is 0 Å². The van der Waals surface area contributed by atoms with Crippen molar-refractivity contribution in [1.29, 1.82) is 0 Å². The minimum absolute atomic E-state index is 0.232. The first-order chi connectivity index (χ1) is 9.75. The third-order valence-corrected chi connectivity index (χ3v) is 6.70. The van der Waals surface area contributed by atoms with E-state index in [-0.39, 0.29) is 5.92 Å². The topological polar surface area (TPSA) is 20.3 Å². The summed E-state index contributed by atoms with van der Waals surface area (Å²) in [4.78, 5) is 16.3. The number of hydrogen-bond acceptors (Lipinski definition) is 4. The number of thioether (sulfide) groups is 1. The molecular weight excluding hydrogens is 286 g/mol. The molecule has 0 saturated carbocycles. The molecule has 1 atom stereocenters. The molecule has 4 heteroatoms. The quantitative estimate of drug-likeness (QED) is 0.791. The molecule has 0 aliphatic carbocycles. The average molecular weight is 310 g/mol. The van der Waals surface area contributed by atoms with Gasteiger partial charge in [0.2, 0.25) is 0 Å². The monoisotopic (exact) mass is 309 g/mol. The zero-order chi connectivity index (χ0) is 13.9. The van der Waals surface area contributed by atoms with E-state index in [1.54, 1.807) is 11.3 Å². The Morgan fingerprint density at radius 2 is 2.10 bits per heavy atom. The summed E-state index contributed by atoms with van der Waals surface area (Å²) in [6.07, 6.45) is 4.88. The second-order valence-corrected chi connectivity index (χ2v) is 8.12.